The zero-order valence-corrected chi connectivity index (χ0v) is 39.8. The van der Waals surface area contributed by atoms with Crippen LogP contribution < -0.4 is 0 Å². The molecule has 0 aliphatic heterocycles. The summed E-state index contributed by atoms with van der Waals surface area (Å²) in [4.78, 5) is 23.2. The van der Waals surface area contributed by atoms with E-state index < -0.39 is 63.1 Å². The quantitative estimate of drug-likeness (QED) is 0.0147. The number of aliphatic hydroxyl groups is 5. The summed E-state index contributed by atoms with van der Waals surface area (Å²) in [6, 6.07) is 0. The minimum absolute atomic E-state index is 0.0846. The van der Waals surface area contributed by atoms with Gasteiger partial charge in [0.1, 0.15) is 42.7 Å². The van der Waals surface area contributed by atoms with Gasteiger partial charge in [0.25, 0.3) is 0 Å². The van der Waals surface area contributed by atoms with Gasteiger partial charge in [-0.1, -0.05) is 166 Å². The normalized spacial score (nSPS) is 22.3. The van der Waals surface area contributed by atoms with Crippen LogP contribution in [0, 0.1) is 0 Å². The number of hydrogen-bond donors (Lipinski definition) is 6. The monoisotopic (exact) mass is 903 g/mol. The van der Waals surface area contributed by atoms with E-state index in [0.29, 0.717) is 13.0 Å². The number of hydrogen-bond acceptors (Lipinski definition) is 11. The van der Waals surface area contributed by atoms with Gasteiger partial charge >= 0.3 is 13.8 Å². The molecule has 0 heterocycles. The number of unbranched alkanes of at least 4 members (excludes halogenated alkanes) is 24. The number of carbonyl (C=O) groups is 1. The molecule has 0 bridgehead atoms. The van der Waals surface area contributed by atoms with Gasteiger partial charge in [0.15, 0.2) is 0 Å². The van der Waals surface area contributed by atoms with E-state index in [0.717, 1.165) is 64.2 Å². The predicted molar refractivity (Wildman–Crippen MR) is 249 cm³/mol. The lowest BCUT2D eigenvalue weighted by Crippen LogP contribution is -2.64. The molecule has 12 nitrogen and oxygen atoms in total. The molecular weight excluding hydrogens is 812 g/mol. The third-order valence-electron chi connectivity index (χ3n) is 11.5. The fourth-order valence-electron chi connectivity index (χ4n) is 7.50. The number of rotatable bonds is 42. The number of esters is 1. The van der Waals surface area contributed by atoms with Crippen molar-refractivity contribution in [1.82, 2.24) is 0 Å². The molecule has 6 atom stereocenters. The van der Waals surface area contributed by atoms with Crippen molar-refractivity contribution >= 4 is 13.8 Å². The lowest BCUT2D eigenvalue weighted by molar-refractivity contribution is -0.220. The van der Waals surface area contributed by atoms with Crippen LogP contribution in [0.4, 0.5) is 0 Å². The molecule has 1 rings (SSSR count). The first kappa shape index (κ1) is 58.6. The third kappa shape index (κ3) is 31.4. The number of aliphatic hydroxyl groups excluding tert-OH is 5. The molecular formula is C49H91O12P. The fourth-order valence-corrected chi connectivity index (χ4v) is 8.47. The fraction of sp³-hybridized carbons (Fsp3) is 0.857. The molecule has 1 aliphatic carbocycles. The van der Waals surface area contributed by atoms with E-state index in [2.05, 4.69) is 50.3 Å². The average molecular weight is 903 g/mol. The number of allylic oxidation sites excluding steroid dienone is 6. The van der Waals surface area contributed by atoms with Crippen molar-refractivity contribution in [3.05, 3.63) is 36.5 Å². The molecule has 6 unspecified atom stereocenters. The minimum atomic E-state index is -5.02. The highest BCUT2D eigenvalue weighted by molar-refractivity contribution is 7.47. The van der Waals surface area contributed by atoms with E-state index in [-0.39, 0.29) is 13.0 Å². The summed E-state index contributed by atoms with van der Waals surface area (Å²) in [7, 11) is -5.02. The van der Waals surface area contributed by atoms with Crippen molar-refractivity contribution in [3.8, 4) is 0 Å². The Labute approximate surface area is 376 Å². The van der Waals surface area contributed by atoms with Crippen LogP contribution >= 0.6 is 7.82 Å². The Hall–Kier alpha value is -1.44. The van der Waals surface area contributed by atoms with Gasteiger partial charge in [-0.25, -0.2) is 4.57 Å². The lowest BCUT2D eigenvalue weighted by atomic mass is 9.85. The minimum Gasteiger partial charge on any atom is -0.457 e. The highest BCUT2D eigenvalue weighted by Crippen LogP contribution is 2.47. The number of carbonyl (C=O) groups excluding carboxylic acids is 1. The first-order chi connectivity index (χ1) is 30.0. The maximum atomic E-state index is 12.8. The summed E-state index contributed by atoms with van der Waals surface area (Å²) >= 11 is 0. The van der Waals surface area contributed by atoms with E-state index >= 15 is 0 Å². The molecule has 0 saturated heterocycles. The van der Waals surface area contributed by atoms with Crippen molar-refractivity contribution in [2.45, 2.75) is 249 Å². The summed E-state index contributed by atoms with van der Waals surface area (Å²) in [5.41, 5.74) is 0. The van der Waals surface area contributed by atoms with E-state index in [1.165, 1.54) is 116 Å². The van der Waals surface area contributed by atoms with Crippen LogP contribution in [0.5, 0.6) is 0 Å². The van der Waals surface area contributed by atoms with Gasteiger partial charge in [0.2, 0.25) is 0 Å². The maximum Gasteiger partial charge on any atom is 0.472 e. The molecule has 13 heteroatoms. The van der Waals surface area contributed by atoms with Crippen LogP contribution in [-0.4, -0.2) is 98.9 Å². The molecule has 0 aromatic rings. The van der Waals surface area contributed by atoms with Crippen LogP contribution in [-0.2, 0) is 27.9 Å². The SMILES string of the molecule is CCCCCC/C=C\C/C=C\CCCCCCCCOCC(COP(=O)(O)OC1C(O)C(O)C(O)C(O)C1O)OC(=O)CCCCCCCCC/C=C\CCCCCCCCC. The smallest absolute Gasteiger partial charge is 0.457 e. The van der Waals surface area contributed by atoms with Crippen molar-refractivity contribution in [3.63, 3.8) is 0 Å². The Morgan fingerprint density at radius 2 is 0.903 bits per heavy atom. The average Bonchev–Trinajstić information content (AvgIpc) is 3.26. The summed E-state index contributed by atoms with van der Waals surface area (Å²) in [6.45, 7) is 4.23. The Balaban J connectivity index is 2.38. The van der Waals surface area contributed by atoms with E-state index in [4.69, 9.17) is 18.5 Å². The Bertz CT molecular complexity index is 1170. The van der Waals surface area contributed by atoms with Crippen LogP contribution in [0.3, 0.4) is 0 Å². The van der Waals surface area contributed by atoms with Crippen molar-refractivity contribution < 1.29 is 58.3 Å². The van der Waals surface area contributed by atoms with Gasteiger partial charge in [0.05, 0.1) is 13.2 Å². The van der Waals surface area contributed by atoms with Crippen LogP contribution in [0.1, 0.15) is 206 Å². The van der Waals surface area contributed by atoms with Gasteiger partial charge in [-0.05, 0) is 70.6 Å². The second-order valence-corrected chi connectivity index (χ2v) is 18.7. The van der Waals surface area contributed by atoms with Gasteiger partial charge in [-0.3, -0.25) is 13.8 Å². The second kappa shape index (κ2) is 39.9. The Kier molecular flexibility index (Phi) is 37.7. The molecule has 62 heavy (non-hydrogen) atoms. The summed E-state index contributed by atoms with van der Waals surface area (Å²) in [5, 5.41) is 50.2. The zero-order chi connectivity index (χ0) is 45.5. The maximum absolute atomic E-state index is 12.8. The van der Waals surface area contributed by atoms with Crippen LogP contribution in [0.25, 0.3) is 0 Å². The summed E-state index contributed by atoms with van der Waals surface area (Å²) in [5.74, 6) is -0.485. The number of phosphoric acid groups is 1. The second-order valence-electron chi connectivity index (χ2n) is 17.3. The lowest BCUT2D eigenvalue weighted by Gasteiger charge is -2.41. The first-order valence-corrected chi connectivity index (χ1v) is 26.3. The molecule has 1 aliphatic rings. The van der Waals surface area contributed by atoms with Gasteiger partial charge in [-0.15, -0.1) is 0 Å². The molecule has 0 aromatic heterocycles. The molecule has 364 valence electrons. The van der Waals surface area contributed by atoms with E-state index in [9.17, 15) is 39.8 Å². The van der Waals surface area contributed by atoms with Crippen LogP contribution in [0.2, 0.25) is 0 Å². The molecule has 6 N–H and O–H groups in total. The predicted octanol–water partition coefficient (Wildman–Crippen LogP) is 10.6. The van der Waals surface area contributed by atoms with Crippen LogP contribution in [0.15, 0.2) is 36.5 Å². The Morgan fingerprint density at radius 1 is 0.516 bits per heavy atom. The van der Waals surface area contributed by atoms with Gasteiger partial charge < -0.3 is 39.9 Å². The zero-order valence-electron chi connectivity index (χ0n) is 38.9. The largest absolute Gasteiger partial charge is 0.472 e. The van der Waals surface area contributed by atoms with E-state index in [1.54, 1.807) is 0 Å². The first-order valence-electron chi connectivity index (χ1n) is 24.8. The highest BCUT2D eigenvalue weighted by Gasteiger charge is 2.51. The topological polar surface area (TPSA) is 192 Å². The molecule has 0 aromatic carbocycles. The molecule has 0 radical (unpaired) electrons. The van der Waals surface area contributed by atoms with Gasteiger partial charge in [0, 0.05) is 13.0 Å². The van der Waals surface area contributed by atoms with E-state index in [1.807, 2.05) is 0 Å². The molecule has 1 saturated carbocycles. The molecule has 0 amide bonds. The van der Waals surface area contributed by atoms with Crippen molar-refractivity contribution in [2.75, 3.05) is 19.8 Å². The summed E-state index contributed by atoms with van der Waals surface area (Å²) < 4.78 is 34.2. The standard InChI is InChI=1S/C49H91O12P/c1-3-5-7-9-11-13-15-17-19-21-22-24-26-28-30-32-34-36-38-43(50)60-42(41-59-62(56,57)61-49-47(54)45(52)44(51)46(53)48(49)55)40-58-39-37-35-33-31-29-27-25-23-20-18-16-14-12-10-8-6-4-2/h14,16,19-21,23,42,44-49,51-55H,3-13,15,17-18,22,24-41H2,1-2H3,(H,56,57)/b16-14-,21-19-,23-20-. The van der Waals surface area contributed by atoms with Crippen molar-refractivity contribution in [1.29, 1.82) is 0 Å². The third-order valence-corrected chi connectivity index (χ3v) is 12.5. The number of ether oxygens (including phenoxy) is 2. The highest BCUT2D eigenvalue weighted by atomic mass is 31.2. The number of phosphoric ester groups is 1. The molecule has 0 spiro atoms. The van der Waals surface area contributed by atoms with Gasteiger partial charge in [-0.2, -0.15) is 0 Å². The molecule has 1 fully saturated rings. The Morgan fingerprint density at radius 3 is 1.39 bits per heavy atom. The summed E-state index contributed by atoms with van der Waals surface area (Å²) in [6.07, 6.45) is 34.9. The van der Waals surface area contributed by atoms with Crippen molar-refractivity contribution in [2.24, 2.45) is 0 Å².